The third-order valence-electron chi connectivity index (χ3n) is 4.17. The number of carbonyl (C=O) groups is 2. The lowest BCUT2D eigenvalue weighted by molar-refractivity contribution is 0.0696. The third kappa shape index (κ3) is 5.05. The molecule has 0 saturated carbocycles. The average Bonchev–Trinajstić information content (AvgIpc) is 2.69. The molecule has 2 N–H and O–H groups in total. The largest absolute Gasteiger partial charge is 0.478 e. The van der Waals surface area contributed by atoms with Crippen molar-refractivity contribution >= 4 is 35.4 Å². The minimum atomic E-state index is -0.932. The molecular weight excluding hydrogens is 366 g/mol. The van der Waals surface area contributed by atoms with Crippen molar-refractivity contribution in [2.45, 2.75) is 17.4 Å². The van der Waals surface area contributed by atoms with E-state index in [0.717, 1.165) is 5.56 Å². The van der Waals surface area contributed by atoms with E-state index in [2.05, 4.69) is 17.4 Å². The number of carboxylic acids is 1. The predicted molar refractivity (Wildman–Crippen MR) is 108 cm³/mol. The normalized spacial score (nSPS) is 14.8. The van der Waals surface area contributed by atoms with E-state index in [1.807, 2.05) is 35.7 Å². The first-order valence-electron chi connectivity index (χ1n) is 8.57. The van der Waals surface area contributed by atoms with Crippen molar-refractivity contribution in [3.63, 3.8) is 0 Å². The van der Waals surface area contributed by atoms with Crippen LogP contribution in [0.1, 0.15) is 42.8 Å². The van der Waals surface area contributed by atoms with E-state index in [1.165, 1.54) is 23.5 Å². The molecule has 3 rings (SSSR count). The fourth-order valence-corrected chi connectivity index (χ4v) is 5.60. The van der Waals surface area contributed by atoms with Crippen molar-refractivity contribution in [1.82, 2.24) is 5.32 Å². The van der Waals surface area contributed by atoms with Gasteiger partial charge >= 0.3 is 5.97 Å². The number of aromatic carboxylic acids is 1. The van der Waals surface area contributed by atoms with Gasteiger partial charge in [-0.1, -0.05) is 24.3 Å². The molecular formula is C20H21NO3S2. The predicted octanol–water partition coefficient (Wildman–Crippen LogP) is 4.23. The number of amides is 1. The van der Waals surface area contributed by atoms with Gasteiger partial charge in [-0.05, 0) is 59.7 Å². The molecule has 0 atom stereocenters. The van der Waals surface area contributed by atoms with Crippen molar-refractivity contribution in [3.8, 4) is 0 Å². The quantitative estimate of drug-likeness (QED) is 0.777. The molecule has 1 amide bonds. The minimum absolute atomic E-state index is 0.0809. The summed E-state index contributed by atoms with van der Waals surface area (Å²) in [6.07, 6.45) is 1.93. The maximum atomic E-state index is 12.3. The zero-order valence-electron chi connectivity index (χ0n) is 14.3. The number of nitrogens with one attached hydrogen (secondary N) is 1. The fourth-order valence-electron chi connectivity index (χ4n) is 2.71. The van der Waals surface area contributed by atoms with Gasteiger partial charge in [0.2, 0.25) is 0 Å². The van der Waals surface area contributed by atoms with Gasteiger partial charge in [0, 0.05) is 12.1 Å². The summed E-state index contributed by atoms with van der Waals surface area (Å²) in [7, 11) is 0. The lowest BCUT2D eigenvalue weighted by atomic mass is 10.1. The Morgan fingerprint density at radius 1 is 0.962 bits per heavy atom. The molecule has 2 aromatic rings. The van der Waals surface area contributed by atoms with Crippen LogP contribution in [-0.2, 0) is 6.42 Å². The van der Waals surface area contributed by atoms with Crippen LogP contribution in [0.25, 0.3) is 0 Å². The van der Waals surface area contributed by atoms with Crippen LogP contribution in [0, 0.1) is 0 Å². The summed E-state index contributed by atoms with van der Waals surface area (Å²) >= 11 is 3.94. The molecule has 0 bridgehead atoms. The molecule has 1 aliphatic rings. The van der Waals surface area contributed by atoms with Crippen LogP contribution < -0.4 is 5.32 Å². The molecule has 0 aliphatic carbocycles. The van der Waals surface area contributed by atoms with Crippen molar-refractivity contribution in [1.29, 1.82) is 0 Å². The highest BCUT2D eigenvalue weighted by molar-refractivity contribution is 8.16. The summed E-state index contributed by atoms with van der Waals surface area (Å²) in [5.41, 5.74) is 3.21. The van der Waals surface area contributed by atoms with E-state index in [-0.39, 0.29) is 11.5 Å². The van der Waals surface area contributed by atoms with Crippen LogP contribution in [-0.4, -0.2) is 35.0 Å². The average molecular weight is 388 g/mol. The molecule has 4 nitrogen and oxygen atoms in total. The zero-order chi connectivity index (χ0) is 18.4. The maximum Gasteiger partial charge on any atom is 0.335 e. The monoisotopic (exact) mass is 387 g/mol. The number of rotatable bonds is 6. The van der Waals surface area contributed by atoms with E-state index in [1.54, 1.807) is 24.3 Å². The van der Waals surface area contributed by atoms with Gasteiger partial charge in [-0.2, -0.15) is 0 Å². The SMILES string of the molecule is O=C(O)c1ccc(CCNC(=O)c2ccc(C3SCCCS3)cc2)cc1. The molecule has 1 fully saturated rings. The second-order valence-corrected chi connectivity index (χ2v) is 8.78. The smallest absolute Gasteiger partial charge is 0.335 e. The van der Waals surface area contributed by atoms with Crippen LogP contribution in [0.2, 0.25) is 0 Å². The van der Waals surface area contributed by atoms with Crippen LogP contribution in [0.15, 0.2) is 48.5 Å². The van der Waals surface area contributed by atoms with Gasteiger partial charge in [-0.15, -0.1) is 23.5 Å². The molecule has 0 aromatic heterocycles. The second-order valence-electron chi connectivity index (χ2n) is 6.06. The summed E-state index contributed by atoms with van der Waals surface area (Å²) in [5.74, 6) is 1.39. The lowest BCUT2D eigenvalue weighted by Gasteiger charge is -2.21. The number of thioether (sulfide) groups is 2. The second kappa shape index (κ2) is 9.14. The Labute approximate surface area is 161 Å². The number of hydrogen-bond donors (Lipinski definition) is 2. The van der Waals surface area contributed by atoms with E-state index in [4.69, 9.17) is 5.11 Å². The Balaban J connectivity index is 1.49. The van der Waals surface area contributed by atoms with Crippen molar-refractivity contribution < 1.29 is 14.7 Å². The number of carbonyl (C=O) groups excluding carboxylic acids is 1. The van der Waals surface area contributed by atoms with Gasteiger partial charge in [-0.3, -0.25) is 4.79 Å². The van der Waals surface area contributed by atoms with E-state index in [0.29, 0.717) is 23.1 Å². The molecule has 1 heterocycles. The van der Waals surface area contributed by atoms with Crippen molar-refractivity contribution in [2.24, 2.45) is 0 Å². The van der Waals surface area contributed by atoms with Crippen LogP contribution in [0.5, 0.6) is 0 Å². The Bertz CT molecular complexity index is 754. The van der Waals surface area contributed by atoms with E-state index >= 15 is 0 Å². The highest BCUT2D eigenvalue weighted by Crippen LogP contribution is 2.43. The van der Waals surface area contributed by atoms with Crippen molar-refractivity contribution in [2.75, 3.05) is 18.1 Å². The summed E-state index contributed by atoms with van der Waals surface area (Å²) in [6, 6.07) is 14.6. The van der Waals surface area contributed by atoms with Crippen LogP contribution in [0.4, 0.5) is 0 Å². The Morgan fingerprint density at radius 2 is 1.58 bits per heavy atom. The Morgan fingerprint density at radius 3 is 2.19 bits per heavy atom. The molecule has 1 saturated heterocycles. The first kappa shape index (κ1) is 18.9. The van der Waals surface area contributed by atoms with Gasteiger partial charge in [-0.25, -0.2) is 4.79 Å². The molecule has 6 heteroatoms. The van der Waals surface area contributed by atoms with Crippen LogP contribution >= 0.6 is 23.5 Å². The number of carboxylic acid groups (broad SMARTS) is 1. The Hall–Kier alpha value is -1.92. The maximum absolute atomic E-state index is 12.3. The van der Waals surface area contributed by atoms with E-state index in [9.17, 15) is 9.59 Å². The molecule has 0 unspecified atom stereocenters. The van der Waals surface area contributed by atoms with Gasteiger partial charge < -0.3 is 10.4 Å². The number of benzene rings is 2. The topological polar surface area (TPSA) is 66.4 Å². The number of hydrogen-bond acceptors (Lipinski definition) is 4. The summed E-state index contributed by atoms with van der Waals surface area (Å²) in [5, 5.41) is 11.8. The molecule has 0 spiro atoms. The van der Waals surface area contributed by atoms with Gasteiger partial charge in [0.25, 0.3) is 5.91 Å². The first-order valence-corrected chi connectivity index (χ1v) is 10.7. The minimum Gasteiger partial charge on any atom is -0.478 e. The molecule has 136 valence electrons. The van der Waals surface area contributed by atoms with Crippen LogP contribution in [0.3, 0.4) is 0 Å². The molecule has 26 heavy (non-hydrogen) atoms. The van der Waals surface area contributed by atoms with Gasteiger partial charge in [0.05, 0.1) is 10.1 Å². The summed E-state index contributed by atoms with van der Waals surface area (Å²) in [6.45, 7) is 0.515. The first-order chi connectivity index (χ1) is 12.6. The van der Waals surface area contributed by atoms with Gasteiger partial charge in [0.1, 0.15) is 0 Å². The molecule has 1 aliphatic heterocycles. The zero-order valence-corrected chi connectivity index (χ0v) is 15.9. The molecule has 2 aromatic carbocycles. The Kier molecular flexibility index (Phi) is 6.63. The standard InChI is InChI=1S/C20H21NO3S2/c22-18(21-11-10-14-2-4-16(5-3-14)19(23)24)15-6-8-17(9-7-15)20-25-12-1-13-26-20/h2-9,20H,1,10-13H2,(H,21,22)(H,23,24). The van der Waals surface area contributed by atoms with E-state index < -0.39 is 5.97 Å². The van der Waals surface area contributed by atoms with Gasteiger partial charge in [0.15, 0.2) is 0 Å². The highest BCUT2D eigenvalue weighted by atomic mass is 32.2. The lowest BCUT2D eigenvalue weighted by Crippen LogP contribution is -2.25. The summed E-state index contributed by atoms with van der Waals surface area (Å²) < 4.78 is 0.481. The van der Waals surface area contributed by atoms with Crippen molar-refractivity contribution in [3.05, 3.63) is 70.8 Å². The molecule has 0 radical (unpaired) electrons. The third-order valence-corrected chi connectivity index (χ3v) is 7.19. The fraction of sp³-hybridized carbons (Fsp3) is 0.300. The highest BCUT2D eigenvalue weighted by Gasteiger charge is 2.16. The summed E-state index contributed by atoms with van der Waals surface area (Å²) in [4.78, 5) is 23.1.